The summed E-state index contributed by atoms with van der Waals surface area (Å²) in [6, 6.07) is 17.7. The van der Waals surface area contributed by atoms with Gasteiger partial charge in [0.25, 0.3) is 0 Å². The molecule has 1 fully saturated rings. The molecule has 2 aromatic carbocycles. The number of carbonyl (C=O) groups is 1. The van der Waals surface area contributed by atoms with Crippen molar-refractivity contribution in [2.75, 3.05) is 7.05 Å². The molecule has 0 heterocycles. The highest BCUT2D eigenvalue weighted by molar-refractivity contribution is 6.31. The van der Waals surface area contributed by atoms with Crippen LogP contribution in [0.2, 0.25) is 5.02 Å². The van der Waals surface area contributed by atoms with E-state index in [4.69, 9.17) is 11.6 Å². The second-order valence-electron chi connectivity index (χ2n) is 6.10. The highest BCUT2D eigenvalue weighted by Gasteiger charge is 2.30. The van der Waals surface area contributed by atoms with E-state index in [1.165, 1.54) is 0 Å². The van der Waals surface area contributed by atoms with Crippen LogP contribution in [0, 0.1) is 0 Å². The van der Waals surface area contributed by atoms with E-state index in [0.717, 1.165) is 29.0 Å². The number of hydrogen-bond donors (Lipinski definition) is 1. The maximum absolute atomic E-state index is 12.7. The summed E-state index contributed by atoms with van der Waals surface area (Å²) in [5, 5.41) is 3.85. The lowest BCUT2D eigenvalue weighted by Crippen LogP contribution is -2.39. The maximum Gasteiger partial charge on any atom is 0.242 e. The Balaban J connectivity index is 1.81. The second-order valence-corrected chi connectivity index (χ2v) is 6.51. The molecule has 1 amide bonds. The molecule has 1 saturated carbocycles. The first-order chi connectivity index (χ1) is 11.1. The standard InChI is InChI=1S/C19H21ClN2O/c1-22(13-15-9-5-6-10-17(15)20)18(14-7-3-2-4-8-14)19(23)21-16-11-12-16/h2-10,16,18H,11-13H2,1H3,(H,21,23). The van der Waals surface area contributed by atoms with Gasteiger partial charge in [0.05, 0.1) is 0 Å². The number of nitrogens with one attached hydrogen (secondary N) is 1. The first-order valence-electron chi connectivity index (χ1n) is 7.94. The third kappa shape index (κ3) is 4.12. The average Bonchev–Trinajstić information content (AvgIpc) is 3.35. The van der Waals surface area contributed by atoms with E-state index in [2.05, 4.69) is 5.32 Å². The summed E-state index contributed by atoms with van der Waals surface area (Å²) in [6.45, 7) is 0.622. The molecule has 3 rings (SSSR count). The number of rotatable bonds is 6. The summed E-state index contributed by atoms with van der Waals surface area (Å²) in [6.07, 6.45) is 2.17. The van der Waals surface area contributed by atoms with Crippen molar-refractivity contribution in [3.05, 3.63) is 70.7 Å². The Morgan fingerprint density at radius 2 is 1.83 bits per heavy atom. The Labute approximate surface area is 142 Å². The van der Waals surface area contributed by atoms with Crippen LogP contribution in [0.15, 0.2) is 54.6 Å². The fourth-order valence-electron chi connectivity index (χ4n) is 2.74. The molecule has 0 aliphatic heterocycles. The van der Waals surface area contributed by atoms with Crippen LogP contribution in [-0.2, 0) is 11.3 Å². The smallest absolute Gasteiger partial charge is 0.242 e. The molecular formula is C19H21ClN2O. The SMILES string of the molecule is CN(Cc1ccccc1Cl)C(C(=O)NC1CC1)c1ccccc1. The third-order valence-electron chi connectivity index (χ3n) is 4.11. The highest BCUT2D eigenvalue weighted by Crippen LogP contribution is 2.26. The minimum Gasteiger partial charge on any atom is -0.352 e. The molecule has 2 aromatic rings. The fraction of sp³-hybridized carbons (Fsp3) is 0.316. The molecule has 1 aliphatic carbocycles. The first-order valence-corrected chi connectivity index (χ1v) is 8.32. The molecule has 120 valence electrons. The zero-order chi connectivity index (χ0) is 16.2. The van der Waals surface area contributed by atoms with Crippen molar-refractivity contribution in [1.29, 1.82) is 0 Å². The van der Waals surface area contributed by atoms with Crippen LogP contribution in [0.5, 0.6) is 0 Å². The van der Waals surface area contributed by atoms with Crippen LogP contribution < -0.4 is 5.32 Å². The molecule has 0 bridgehead atoms. The van der Waals surface area contributed by atoms with Gasteiger partial charge in [-0.1, -0.05) is 60.1 Å². The summed E-state index contributed by atoms with van der Waals surface area (Å²) >= 11 is 6.27. The predicted octanol–water partition coefficient (Wildman–Crippen LogP) is 3.79. The zero-order valence-corrected chi connectivity index (χ0v) is 14.0. The lowest BCUT2D eigenvalue weighted by atomic mass is 10.0. The number of carbonyl (C=O) groups excluding carboxylic acids is 1. The van der Waals surface area contributed by atoms with Crippen molar-refractivity contribution >= 4 is 17.5 Å². The number of nitrogens with zero attached hydrogens (tertiary/aromatic N) is 1. The third-order valence-corrected chi connectivity index (χ3v) is 4.47. The molecule has 0 saturated heterocycles. The molecular weight excluding hydrogens is 308 g/mol. The predicted molar refractivity (Wildman–Crippen MR) is 93.3 cm³/mol. The quantitative estimate of drug-likeness (QED) is 0.875. The number of benzene rings is 2. The number of halogens is 1. The molecule has 1 atom stereocenters. The molecule has 3 nitrogen and oxygen atoms in total. The second kappa shape index (κ2) is 7.16. The molecule has 0 aromatic heterocycles. The van der Waals surface area contributed by atoms with Gasteiger partial charge in [-0.3, -0.25) is 9.69 Å². The maximum atomic E-state index is 12.7. The van der Waals surface area contributed by atoms with Crippen molar-refractivity contribution in [1.82, 2.24) is 10.2 Å². The summed E-state index contributed by atoms with van der Waals surface area (Å²) in [7, 11) is 1.97. The van der Waals surface area contributed by atoms with E-state index in [1.807, 2.05) is 66.5 Å². The van der Waals surface area contributed by atoms with E-state index < -0.39 is 0 Å². The van der Waals surface area contributed by atoms with Gasteiger partial charge in [-0.2, -0.15) is 0 Å². The molecule has 0 spiro atoms. The lowest BCUT2D eigenvalue weighted by molar-refractivity contribution is -0.126. The average molecular weight is 329 g/mol. The fourth-order valence-corrected chi connectivity index (χ4v) is 2.93. The van der Waals surface area contributed by atoms with Crippen molar-refractivity contribution < 1.29 is 4.79 Å². The van der Waals surface area contributed by atoms with E-state index in [0.29, 0.717) is 12.6 Å². The molecule has 1 aliphatic rings. The van der Waals surface area contributed by atoms with Crippen LogP contribution in [0.4, 0.5) is 0 Å². The number of likely N-dealkylation sites (N-methyl/N-ethyl adjacent to an activating group) is 1. The Hall–Kier alpha value is -1.84. The van der Waals surface area contributed by atoms with Crippen molar-refractivity contribution in [2.24, 2.45) is 0 Å². The highest BCUT2D eigenvalue weighted by atomic mass is 35.5. The van der Waals surface area contributed by atoms with Gasteiger partial charge in [-0.15, -0.1) is 0 Å². The van der Waals surface area contributed by atoms with Gasteiger partial charge < -0.3 is 5.32 Å². The van der Waals surface area contributed by atoms with E-state index in [-0.39, 0.29) is 11.9 Å². The van der Waals surface area contributed by atoms with Crippen molar-refractivity contribution in [3.63, 3.8) is 0 Å². The van der Waals surface area contributed by atoms with E-state index in [1.54, 1.807) is 0 Å². The Morgan fingerprint density at radius 3 is 2.48 bits per heavy atom. The monoisotopic (exact) mass is 328 g/mol. The van der Waals surface area contributed by atoms with Crippen LogP contribution in [0.1, 0.15) is 30.0 Å². The summed E-state index contributed by atoms with van der Waals surface area (Å²) < 4.78 is 0. The van der Waals surface area contributed by atoms with Gasteiger partial charge >= 0.3 is 0 Å². The molecule has 23 heavy (non-hydrogen) atoms. The molecule has 1 N–H and O–H groups in total. The summed E-state index contributed by atoms with van der Waals surface area (Å²) in [5.74, 6) is 0.0632. The lowest BCUT2D eigenvalue weighted by Gasteiger charge is -2.28. The first kappa shape index (κ1) is 16.0. The van der Waals surface area contributed by atoms with Crippen LogP contribution in [-0.4, -0.2) is 23.9 Å². The normalized spacial score (nSPS) is 15.4. The number of hydrogen-bond acceptors (Lipinski definition) is 2. The Bertz CT molecular complexity index is 670. The van der Waals surface area contributed by atoms with Crippen molar-refractivity contribution in [2.45, 2.75) is 31.5 Å². The van der Waals surface area contributed by atoms with Gasteiger partial charge in [0.2, 0.25) is 5.91 Å². The van der Waals surface area contributed by atoms with Gasteiger partial charge in [0.1, 0.15) is 6.04 Å². The molecule has 0 radical (unpaired) electrons. The van der Waals surface area contributed by atoms with E-state index >= 15 is 0 Å². The molecule has 4 heteroatoms. The number of amides is 1. The summed E-state index contributed by atoms with van der Waals surface area (Å²) in [5.41, 5.74) is 2.03. The van der Waals surface area contributed by atoms with E-state index in [9.17, 15) is 4.79 Å². The largest absolute Gasteiger partial charge is 0.352 e. The van der Waals surface area contributed by atoms with Gasteiger partial charge in [-0.05, 0) is 37.1 Å². The summed E-state index contributed by atoms with van der Waals surface area (Å²) in [4.78, 5) is 14.8. The van der Waals surface area contributed by atoms with Crippen LogP contribution in [0.25, 0.3) is 0 Å². The molecule has 1 unspecified atom stereocenters. The van der Waals surface area contributed by atoms with Crippen LogP contribution >= 0.6 is 11.6 Å². The Kier molecular flexibility index (Phi) is 4.99. The Morgan fingerprint density at radius 1 is 1.17 bits per heavy atom. The zero-order valence-electron chi connectivity index (χ0n) is 13.2. The van der Waals surface area contributed by atoms with Crippen molar-refractivity contribution in [3.8, 4) is 0 Å². The van der Waals surface area contributed by atoms with Gasteiger partial charge in [0, 0.05) is 17.6 Å². The topological polar surface area (TPSA) is 32.3 Å². The minimum atomic E-state index is -0.312. The van der Waals surface area contributed by atoms with Crippen LogP contribution in [0.3, 0.4) is 0 Å². The minimum absolute atomic E-state index is 0.0632. The van der Waals surface area contributed by atoms with Gasteiger partial charge in [0.15, 0.2) is 0 Å². The van der Waals surface area contributed by atoms with Gasteiger partial charge in [-0.25, -0.2) is 0 Å².